The number of rotatable bonds is 4. The first-order valence-corrected chi connectivity index (χ1v) is 6.79. The lowest BCUT2D eigenvalue weighted by molar-refractivity contribution is -0.138. The molecule has 0 saturated carbocycles. The van der Waals surface area contributed by atoms with Crippen molar-refractivity contribution >= 4 is 17.5 Å². The number of Topliss-reactive ketones (excluding diaryl/α,β-unsaturated/α-hetero) is 1. The summed E-state index contributed by atoms with van der Waals surface area (Å²) < 4.78 is 51.1. The topological polar surface area (TPSA) is 30.0 Å². The third-order valence-corrected chi connectivity index (χ3v) is 3.62. The van der Waals surface area contributed by atoms with Gasteiger partial charge in [0.2, 0.25) is 0 Å². The highest BCUT2D eigenvalue weighted by atomic mass is 32.2. The Balaban J connectivity index is 2.12. The molecule has 0 atom stereocenters. The highest BCUT2D eigenvalue weighted by molar-refractivity contribution is 8.00. The van der Waals surface area contributed by atoms with Crippen LogP contribution in [0, 0.1) is 5.82 Å². The van der Waals surface area contributed by atoms with Crippen molar-refractivity contribution in [2.45, 2.75) is 11.1 Å². The minimum Gasteiger partial charge on any atom is -0.293 e. The molecule has 0 bridgehead atoms. The summed E-state index contributed by atoms with van der Waals surface area (Å²) in [6.45, 7) is 0. The predicted molar refractivity (Wildman–Crippen MR) is 70.7 cm³/mol. The first-order valence-electron chi connectivity index (χ1n) is 5.80. The molecular weight excluding hydrogens is 306 g/mol. The van der Waals surface area contributed by atoms with Crippen molar-refractivity contribution in [3.63, 3.8) is 0 Å². The van der Waals surface area contributed by atoms with Gasteiger partial charge in [-0.2, -0.15) is 13.2 Å². The quantitative estimate of drug-likeness (QED) is 0.481. The monoisotopic (exact) mass is 315 g/mol. The number of thioether (sulfide) groups is 1. The van der Waals surface area contributed by atoms with Gasteiger partial charge in [0, 0.05) is 22.9 Å². The third kappa shape index (κ3) is 4.04. The van der Waals surface area contributed by atoms with Crippen LogP contribution in [0.4, 0.5) is 17.6 Å². The lowest BCUT2D eigenvalue weighted by Crippen LogP contribution is -2.14. The van der Waals surface area contributed by atoms with Gasteiger partial charge in [-0.25, -0.2) is 4.39 Å². The van der Waals surface area contributed by atoms with Crippen molar-refractivity contribution in [2.24, 2.45) is 0 Å². The average Bonchev–Trinajstić information content (AvgIpc) is 2.45. The number of benzene rings is 1. The van der Waals surface area contributed by atoms with Crippen molar-refractivity contribution in [3.05, 3.63) is 59.7 Å². The van der Waals surface area contributed by atoms with Crippen LogP contribution in [-0.4, -0.2) is 16.5 Å². The lowest BCUT2D eigenvalue weighted by Gasteiger charge is -2.11. The minimum absolute atomic E-state index is 0.180. The van der Waals surface area contributed by atoms with E-state index in [0.717, 1.165) is 30.2 Å². The van der Waals surface area contributed by atoms with Crippen LogP contribution < -0.4 is 0 Å². The van der Waals surface area contributed by atoms with Crippen LogP contribution in [0.3, 0.4) is 0 Å². The number of hydrogen-bond donors (Lipinski definition) is 0. The normalized spacial score (nSPS) is 11.4. The maximum atomic E-state index is 12.8. The number of aromatic nitrogens is 1. The van der Waals surface area contributed by atoms with Crippen molar-refractivity contribution < 1.29 is 22.4 Å². The fraction of sp³-hybridized carbons (Fsp3) is 0.143. The van der Waals surface area contributed by atoms with Gasteiger partial charge in [0.15, 0.2) is 5.78 Å². The summed E-state index contributed by atoms with van der Waals surface area (Å²) in [7, 11) is 0. The maximum Gasteiger partial charge on any atom is 0.417 e. The zero-order valence-corrected chi connectivity index (χ0v) is 11.3. The molecule has 2 rings (SSSR count). The predicted octanol–water partition coefficient (Wildman–Crippen LogP) is 4.21. The van der Waals surface area contributed by atoms with E-state index >= 15 is 0 Å². The molecule has 0 fully saturated rings. The van der Waals surface area contributed by atoms with E-state index in [0.29, 0.717) is 4.90 Å². The Bertz CT molecular complexity index is 640. The van der Waals surface area contributed by atoms with Crippen molar-refractivity contribution in [2.75, 3.05) is 5.75 Å². The summed E-state index contributed by atoms with van der Waals surface area (Å²) >= 11 is 1.04. The van der Waals surface area contributed by atoms with Crippen LogP contribution in [0.15, 0.2) is 47.6 Å². The summed E-state index contributed by atoms with van der Waals surface area (Å²) in [5.74, 6) is -1.28. The standard InChI is InChI=1S/C14H9F4NOS/c15-9-1-3-10(4-2-9)21-8-13(20)11-7-19-6-5-12(11)14(16,17)18/h1-7H,8H2. The van der Waals surface area contributed by atoms with Gasteiger partial charge in [0.05, 0.1) is 11.3 Å². The number of carbonyl (C=O) groups excluding carboxylic acids is 1. The Morgan fingerprint density at radius 1 is 1.14 bits per heavy atom. The Hall–Kier alpha value is -1.89. The van der Waals surface area contributed by atoms with Crippen molar-refractivity contribution in [1.29, 1.82) is 0 Å². The molecule has 0 N–H and O–H groups in total. The molecule has 1 aromatic carbocycles. The molecule has 0 aliphatic heterocycles. The summed E-state index contributed by atoms with van der Waals surface area (Å²) in [5.41, 5.74) is -1.46. The third-order valence-electron chi connectivity index (χ3n) is 2.61. The summed E-state index contributed by atoms with van der Waals surface area (Å²) in [6, 6.07) is 6.13. The molecule has 21 heavy (non-hydrogen) atoms. The maximum absolute atomic E-state index is 12.8. The highest BCUT2D eigenvalue weighted by Gasteiger charge is 2.34. The molecule has 0 radical (unpaired) electrons. The van der Waals surface area contributed by atoms with Crippen LogP contribution >= 0.6 is 11.8 Å². The second-order valence-corrected chi connectivity index (χ2v) is 5.13. The number of ketones is 1. The first kappa shape index (κ1) is 15.5. The van der Waals surface area contributed by atoms with Gasteiger partial charge in [-0.15, -0.1) is 11.8 Å². The molecule has 1 aromatic heterocycles. The van der Waals surface area contributed by atoms with Gasteiger partial charge < -0.3 is 0 Å². The largest absolute Gasteiger partial charge is 0.417 e. The van der Waals surface area contributed by atoms with E-state index in [4.69, 9.17) is 0 Å². The molecule has 0 saturated heterocycles. The summed E-state index contributed by atoms with van der Waals surface area (Å²) in [6.07, 6.45) is -2.70. The molecule has 0 spiro atoms. The van der Waals surface area contributed by atoms with Gasteiger partial charge in [0.1, 0.15) is 5.82 Å². The molecule has 0 unspecified atom stereocenters. The van der Waals surface area contributed by atoms with Crippen molar-refractivity contribution in [1.82, 2.24) is 4.98 Å². The second kappa shape index (κ2) is 6.26. The van der Waals surface area contributed by atoms with E-state index in [1.54, 1.807) is 0 Å². The molecule has 7 heteroatoms. The molecule has 0 aliphatic carbocycles. The number of hydrogen-bond acceptors (Lipinski definition) is 3. The van der Waals surface area contributed by atoms with Crippen LogP contribution in [0.5, 0.6) is 0 Å². The zero-order valence-electron chi connectivity index (χ0n) is 10.5. The Labute approximate surface area is 122 Å². The van der Waals surface area contributed by atoms with Gasteiger partial charge in [-0.05, 0) is 30.3 Å². The number of nitrogens with zero attached hydrogens (tertiary/aromatic N) is 1. The van der Waals surface area contributed by atoms with Crippen LogP contribution in [0.1, 0.15) is 15.9 Å². The van der Waals surface area contributed by atoms with E-state index in [9.17, 15) is 22.4 Å². The Morgan fingerprint density at radius 2 is 1.81 bits per heavy atom. The van der Waals surface area contributed by atoms with E-state index in [-0.39, 0.29) is 5.75 Å². The number of carbonyl (C=O) groups is 1. The smallest absolute Gasteiger partial charge is 0.293 e. The summed E-state index contributed by atoms with van der Waals surface area (Å²) in [5, 5.41) is 0. The molecule has 0 aliphatic rings. The Kier molecular flexibility index (Phi) is 4.62. The van der Waals surface area contributed by atoms with Gasteiger partial charge in [-0.1, -0.05) is 0 Å². The lowest BCUT2D eigenvalue weighted by atomic mass is 10.1. The van der Waals surface area contributed by atoms with E-state index in [1.165, 1.54) is 24.3 Å². The van der Waals surface area contributed by atoms with Crippen molar-refractivity contribution in [3.8, 4) is 0 Å². The van der Waals surface area contributed by atoms with Crippen LogP contribution in [0.25, 0.3) is 0 Å². The zero-order chi connectivity index (χ0) is 15.5. The van der Waals surface area contributed by atoms with E-state index < -0.39 is 28.9 Å². The van der Waals surface area contributed by atoms with Crippen LogP contribution in [0.2, 0.25) is 0 Å². The molecule has 2 nitrogen and oxygen atoms in total. The number of pyridine rings is 1. The fourth-order valence-corrected chi connectivity index (χ4v) is 2.40. The summed E-state index contributed by atoms with van der Waals surface area (Å²) in [4.78, 5) is 16.1. The molecule has 1 heterocycles. The van der Waals surface area contributed by atoms with E-state index in [1.807, 2.05) is 0 Å². The molecule has 2 aromatic rings. The van der Waals surface area contributed by atoms with Crippen LogP contribution in [-0.2, 0) is 6.18 Å². The molecule has 0 amide bonds. The average molecular weight is 315 g/mol. The molecular formula is C14H9F4NOS. The molecule has 110 valence electrons. The van der Waals surface area contributed by atoms with Gasteiger partial charge >= 0.3 is 6.18 Å². The number of alkyl halides is 3. The highest BCUT2D eigenvalue weighted by Crippen LogP contribution is 2.32. The second-order valence-electron chi connectivity index (χ2n) is 4.08. The SMILES string of the molecule is O=C(CSc1ccc(F)cc1)c1cnccc1C(F)(F)F. The minimum atomic E-state index is -4.60. The Morgan fingerprint density at radius 3 is 2.43 bits per heavy atom. The number of halogens is 4. The van der Waals surface area contributed by atoms with Gasteiger partial charge in [-0.3, -0.25) is 9.78 Å². The van der Waals surface area contributed by atoms with Gasteiger partial charge in [0.25, 0.3) is 0 Å². The van der Waals surface area contributed by atoms with E-state index in [2.05, 4.69) is 4.98 Å². The first-order chi connectivity index (χ1) is 9.88. The fourth-order valence-electron chi connectivity index (χ4n) is 1.62.